The van der Waals surface area contributed by atoms with Gasteiger partial charge in [0, 0.05) is 18.5 Å². The monoisotopic (exact) mass is 276 g/mol. The molecule has 1 fully saturated rings. The lowest BCUT2D eigenvalue weighted by Gasteiger charge is -2.41. The van der Waals surface area contributed by atoms with Gasteiger partial charge in [0.25, 0.3) is 0 Å². The molecule has 2 aromatic heterocycles. The van der Waals surface area contributed by atoms with E-state index in [2.05, 4.69) is 15.6 Å². The van der Waals surface area contributed by atoms with Crippen LogP contribution in [0.25, 0.3) is 0 Å². The summed E-state index contributed by atoms with van der Waals surface area (Å²) in [6.07, 6.45) is 3.67. The van der Waals surface area contributed by atoms with Crippen molar-refractivity contribution in [2.45, 2.75) is 38.0 Å². The van der Waals surface area contributed by atoms with Crippen LogP contribution in [0.3, 0.4) is 0 Å². The van der Waals surface area contributed by atoms with E-state index >= 15 is 0 Å². The van der Waals surface area contributed by atoms with Crippen LogP contribution in [0.15, 0.2) is 29.0 Å². The summed E-state index contributed by atoms with van der Waals surface area (Å²) in [6, 6.07) is 3.22. The first-order valence-corrected chi connectivity index (χ1v) is 6.52. The standard InChI is InChI=1S/C13H16N4O3/c1-8-5-9(16-20-8)6-12(19)15-10-7-11(18)13(10)17-4-2-3-14-17/h2-5,10-11,13,18H,6-7H2,1H3,(H,15,19)/t10-,11+,13+/m0/s1. The molecule has 0 aliphatic heterocycles. The summed E-state index contributed by atoms with van der Waals surface area (Å²) in [6.45, 7) is 1.78. The highest BCUT2D eigenvalue weighted by molar-refractivity contribution is 5.78. The molecule has 3 rings (SSSR count). The quantitative estimate of drug-likeness (QED) is 0.833. The first-order valence-electron chi connectivity index (χ1n) is 6.52. The van der Waals surface area contributed by atoms with Crippen molar-refractivity contribution in [3.05, 3.63) is 36.0 Å². The molecule has 3 atom stereocenters. The molecule has 0 unspecified atom stereocenters. The number of carbonyl (C=O) groups is 1. The van der Waals surface area contributed by atoms with Crippen LogP contribution in [-0.4, -0.2) is 38.1 Å². The number of aliphatic hydroxyl groups excluding tert-OH is 1. The second-order valence-corrected chi connectivity index (χ2v) is 5.06. The molecule has 7 heteroatoms. The van der Waals surface area contributed by atoms with Crippen molar-refractivity contribution in [3.8, 4) is 0 Å². The van der Waals surface area contributed by atoms with E-state index < -0.39 is 6.10 Å². The number of carbonyl (C=O) groups excluding carboxylic acids is 1. The van der Waals surface area contributed by atoms with E-state index in [4.69, 9.17) is 4.52 Å². The summed E-state index contributed by atoms with van der Waals surface area (Å²) in [5.41, 5.74) is 0.607. The Morgan fingerprint density at radius 1 is 1.65 bits per heavy atom. The van der Waals surface area contributed by atoms with Crippen LogP contribution in [0, 0.1) is 6.92 Å². The lowest BCUT2D eigenvalue weighted by molar-refractivity contribution is -0.124. The molecule has 0 spiro atoms. The van der Waals surface area contributed by atoms with Gasteiger partial charge in [-0.25, -0.2) is 0 Å². The van der Waals surface area contributed by atoms with Gasteiger partial charge in [0.15, 0.2) is 0 Å². The van der Waals surface area contributed by atoms with E-state index in [0.29, 0.717) is 17.9 Å². The molecule has 0 radical (unpaired) electrons. The van der Waals surface area contributed by atoms with Crippen LogP contribution in [0.4, 0.5) is 0 Å². The van der Waals surface area contributed by atoms with Crippen LogP contribution >= 0.6 is 0 Å². The Bertz CT molecular complexity index is 593. The summed E-state index contributed by atoms with van der Waals surface area (Å²) in [5, 5.41) is 20.6. The second-order valence-electron chi connectivity index (χ2n) is 5.06. The number of nitrogens with zero attached hydrogens (tertiary/aromatic N) is 3. The van der Waals surface area contributed by atoms with E-state index in [9.17, 15) is 9.90 Å². The van der Waals surface area contributed by atoms with Gasteiger partial charge in [0.1, 0.15) is 5.76 Å². The predicted molar refractivity (Wildman–Crippen MR) is 68.8 cm³/mol. The number of hydrogen-bond acceptors (Lipinski definition) is 5. The zero-order valence-corrected chi connectivity index (χ0v) is 11.1. The number of aryl methyl sites for hydroxylation is 1. The molecular weight excluding hydrogens is 260 g/mol. The van der Waals surface area contributed by atoms with Gasteiger partial charge >= 0.3 is 0 Å². The fraction of sp³-hybridized carbons (Fsp3) is 0.462. The van der Waals surface area contributed by atoms with Gasteiger partial charge < -0.3 is 14.9 Å². The Balaban J connectivity index is 1.59. The molecule has 2 heterocycles. The van der Waals surface area contributed by atoms with Crippen molar-refractivity contribution in [3.63, 3.8) is 0 Å². The smallest absolute Gasteiger partial charge is 0.226 e. The first kappa shape index (κ1) is 12.9. The summed E-state index contributed by atoms with van der Waals surface area (Å²) < 4.78 is 6.60. The molecule has 2 N–H and O–H groups in total. The zero-order valence-electron chi connectivity index (χ0n) is 11.1. The fourth-order valence-electron chi connectivity index (χ4n) is 2.50. The predicted octanol–water partition coefficient (Wildman–Crippen LogP) is 0.213. The van der Waals surface area contributed by atoms with Gasteiger partial charge in [0.05, 0.1) is 30.3 Å². The van der Waals surface area contributed by atoms with Gasteiger partial charge in [-0.2, -0.15) is 5.10 Å². The lowest BCUT2D eigenvalue weighted by Crippen LogP contribution is -2.56. The van der Waals surface area contributed by atoms with E-state index in [1.54, 1.807) is 36.1 Å². The highest BCUT2D eigenvalue weighted by atomic mass is 16.5. The fourth-order valence-corrected chi connectivity index (χ4v) is 2.50. The highest BCUT2D eigenvalue weighted by Gasteiger charge is 2.42. The Labute approximate surface area is 115 Å². The summed E-state index contributed by atoms with van der Waals surface area (Å²) in [4.78, 5) is 11.9. The molecule has 7 nitrogen and oxygen atoms in total. The molecular formula is C13H16N4O3. The molecule has 1 aliphatic carbocycles. The van der Waals surface area contributed by atoms with Crippen LogP contribution in [0.5, 0.6) is 0 Å². The highest BCUT2D eigenvalue weighted by Crippen LogP contribution is 2.32. The molecule has 0 saturated heterocycles. The van der Waals surface area contributed by atoms with E-state index in [-0.39, 0.29) is 24.4 Å². The zero-order chi connectivity index (χ0) is 14.1. The molecule has 2 aromatic rings. The van der Waals surface area contributed by atoms with Crippen LogP contribution in [0.1, 0.15) is 23.9 Å². The second kappa shape index (κ2) is 5.09. The molecule has 20 heavy (non-hydrogen) atoms. The van der Waals surface area contributed by atoms with Gasteiger partial charge in [-0.1, -0.05) is 5.16 Å². The maximum absolute atomic E-state index is 11.9. The maximum atomic E-state index is 11.9. The van der Waals surface area contributed by atoms with Crippen molar-refractivity contribution in [2.24, 2.45) is 0 Å². The Hall–Kier alpha value is -2.15. The third-order valence-electron chi connectivity index (χ3n) is 3.50. The minimum absolute atomic E-state index is 0.106. The number of aliphatic hydroxyl groups is 1. The van der Waals surface area contributed by atoms with Gasteiger partial charge in [0.2, 0.25) is 5.91 Å². The average Bonchev–Trinajstić information content (AvgIpc) is 3.01. The summed E-state index contributed by atoms with van der Waals surface area (Å²) in [5.74, 6) is 0.550. The molecule has 1 saturated carbocycles. The van der Waals surface area contributed by atoms with Gasteiger partial charge in [-0.15, -0.1) is 0 Å². The van der Waals surface area contributed by atoms with Crippen molar-refractivity contribution < 1.29 is 14.4 Å². The normalized spacial score (nSPS) is 25.2. The molecule has 1 aliphatic rings. The number of aromatic nitrogens is 3. The van der Waals surface area contributed by atoms with Crippen molar-refractivity contribution >= 4 is 5.91 Å². The van der Waals surface area contributed by atoms with E-state index in [0.717, 1.165) is 0 Å². The summed E-state index contributed by atoms with van der Waals surface area (Å²) >= 11 is 0. The van der Waals surface area contributed by atoms with Crippen molar-refractivity contribution in [2.75, 3.05) is 0 Å². The molecule has 0 aromatic carbocycles. The Morgan fingerprint density at radius 2 is 2.50 bits per heavy atom. The van der Waals surface area contributed by atoms with Crippen molar-refractivity contribution in [1.29, 1.82) is 0 Å². The van der Waals surface area contributed by atoms with Crippen LogP contribution in [-0.2, 0) is 11.2 Å². The molecule has 1 amide bonds. The third kappa shape index (κ3) is 2.44. The SMILES string of the molecule is Cc1cc(CC(=O)N[C@H]2C[C@@H](O)[C@@H]2n2cccn2)no1. The minimum Gasteiger partial charge on any atom is -0.391 e. The van der Waals surface area contributed by atoms with Crippen LogP contribution < -0.4 is 5.32 Å². The van der Waals surface area contributed by atoms with Gasteiger partial charge in [-0.05, 0) is 19.4 Å². The summed E-state index contributed by atoms with van der Waals surface area (Å²) in [7, 11) is 0. The van der Waals surface area contributed by atoms with Gasteiger partial charge in [-0.3, -0.25) is 9.48 Å². The third-order valence-corrected chi connectivity index (χ3v) is 3.50. The average molecular weight is 276 g/mol. The van der Waals surface area contributed by atoms with E-state index in [1.807, 2.05) is 0 Å². The number of amides is 1. The number of nitrogens with one attached hydrogen (secondary N) is 1. The lowest BCUT2D eigenvalue weighted by atomic mass is 9.83. The Kier molecular flexibility index (Phi) is 3.27. The minimum atomic E-state index is -0.477. The largest absolute Gasteiger partial charge is 0.391 e. The Morgan fingerprint density at radius 3 is 3.10 bits per heavy atom. The van der Waals surface area contributed by atoms with E-state index in [1.165, 1.54) is 0 Å². The first-order chi connectivity index (χ1) is 9.63. The molecule has 0 bridgehead atoms. The van der Waals surface area contributed by atoms with Crippen molar-refractivity contribution in [1.82, 2.24) is 20.3 Å². The number of hydrogen-bond donors (Lipinski definition) is 2. The van der Waals surface area contributed by atoms with Crippen LogP contribution in [0.2, 0.25) is 0 Å². The molecule has 106 valence electrons. The topological polar surface area (TPSA) is 93.2 Å². The maximum Gasteiger partial charge on any atom is 0.226 e. The number of rotatable bonds is 4.